The molecule has 1 N–H and O–H groups in total. The van der Waals surface area contributed by atoms with Crippen LogP contribution in [0.3, 0.4) is 0 Å². The highest BCUT2D eigenvalue weighted by Crippen LogP contribution is 2.18. The fourth-order valence-electron chi connectivity index (χ4n) is 1.72. The Morgan fingerprint density at radius 2 is 2.00 bits per heavy atom. The van der Waals surface area contributed by atoms with Gasteiger partial charge in [0, 0.05) is 5.56 Å². The van der Waals surface area contributed by atoms with Gasteiger partial charge in [-0.3, -0.25) is 4.79 Å². The molecule has 1 heterocycles. The molecule has 0 spiro atoms. The molecule has 1 aromatic heterocycles. The topological polar surface area (TPSA) is 81.3 Å². The van der Waals surface area contributed by atoms with Gasteiger partial charge in [-0.15, -0.1) is 0 Å². The Hall–Kier alpha value is -2.63. The molecule has 2 rings (SSSR count). The number of nitrogens with one attached hydrogen (secondary N) is 1. The van der Waals surface area contributed by atoms with Gasteiger partial charge in [0.1, 0.15) is 5.69 Å². The van der Waals surface area contributed by atoms with Crippen molar-refractivity contribution in [3.63, 3.8) is 0 Å². The van der Waals surface area contributed by atoms with E-state index in [0.717, 1.165) is 0 Å². The molecule has 6 nitrogen and oxygen atoms in total. The lowest BCUT2D eigenvalue weighted by molar-refractivity contribution is 0.0514. The smallest absolute Gasteiger partial charge is 0.360 e. The first-order chi connectivity index (χ1) is 9.67. The highest BCUT2D eigenvalue weighted by molar-refractivity contribution is 5.89. The molecule has 0 aliphatic rings. The van der Waals surface area contributed by atoms with E-state index in [4.69, 9.17) is 9.47 Å². The molecular weight excluding hydrogens is 260 g/mol. The summed E-state index contributed by atoms with van der Waals surface area (Å²) < 4.78 is 9.89. The molecule has 0 aliphatic carbocycles. The van der Waals surface area contributed by atoms with Crippen molar-refractivity contribution in [3.05, 3.63) is 46.4 Å². The van der Waals surface area contributed by atoms with E-state index < -0.39 is 11.5 Å². The number of rotatable bonds is 4. The molecule has 0 bridgehead atoms. The SMILES string of the molecule is CCOC(=O)c1[nH]c(=O)c(-c2ccccc2)nc1OC. The molecular formula is C14H14N2O4. The molecule has 104 valence electrons. The molecule has 0 saturated carbocycles. The number of carbonyl (C=O) groups is 1. The normalized spacial score (nSPS) is 10.1. The Labute approximate surface area is 115 Å². The Morgan fingerprint density at radius 3 is 2.60 bits per heavy atom. The maximum Gasteiger partial charge on any atom is 0.360 e. The molecule has 0 amide bonds. The lowest BCUT2D eigenvalue weighted by Gasteiger charge is -2.08. The van der Waals surface area contributed by atoms with Crippen LogP contribution in [0.2, 0.25) is 0 Å². The third-order valence-electron chi connectivity index (χ3n) is 2.60. The molecule has 0 fully saturated rings. The summed E-state index contributed by atoms with van der Waals surface area (Å²) in [5.41, 5.74) is 0.275. The van der Waals surface area contributed by atoms with Crippen LogP contribution in [0.25, 0.3) is 11.3 Å². The maximum absolute atomic E-state index is 12.0. The van der Waals surface area contributed by atoms with E-state index in [-0.39, 0.29) is 23.9 Å². The standard InChI is InChI=1S/C14H14N2O4/c1-3-20-14(18)11-13(19-2)16-10(12(17)15-11)9-7-5-4-6-8-9/h4-8H,3H2,1-2H3,(H,15,17). The van der Waals surface area contributed by atoms with Crippen LogP contribution < -0.4 is 10.3 Å². The second-order valence-electron chi connectivity index (χ2n) is 3.89. The quantitative estimate of drug-likeness (QED) is 0.857. The van der Waals surface area contributed by atoms with Crippen LogP contribution in [-0.2, 0) is 4.74 Å². The largest absolute Gasteiger partial charge is 0.479 e. The predicted molar refractivity (Wildman–Crippen MR) is 72.8 cm³/mol. The van der Waals surface area contributed by atoms with E-state index in [2.05, 4.69) is 9.97 Å². The average Bonchev–Trinajstić information content (AvgIpc) is 2.48. The van der Waals surface area contributed by atoms with Gasteiger partial charge >= 0.3 is 5.97 Å². The lowest BCUT2D eigenvalue weighted by atomic mass is 10.1. The molecule has 0 radical (unpaired) electrons. The van der Waals surface area contributed by atoms with E-state index in [0.29, 0.717) is 5.56 Å². The van der Waals surface area contributed by atoms with Gasteiger partial charge in [-0.05, 0) is 6.92 Å². The summed E-state index contributed by atoms with van der Waals surface area (Å²) in [4.78, 5) is 30.3. The van der Waals surface area contributed by atoms with Crippen molar-refractivity contribution < 1.29 is 14.3 Å². The number of H-pyrrole nitrogens is 1. The Balaban J connectivity index is 2.54. The second kappa shape index (κ2) is 6.01. The fraction of sp³-hybridized carbons (Fsp3) is 0.214. The number of hydrogen-bond donors (Lipinski definition) is 1. The first kappa shape index (κ1) is 13.8. The van der Waals surface area contributed by atoms with Crippen LogP contribution in [0.1, 0.15) is 17.4 Å². The van der Waals surface area contributed by atoms with Crippen LogP contribution in [0.15, 0.2) is 35.1 Å². The van der Waals surface area contributed by atoms with Crippen molar-refractivity contribution in [1.82, 2.24) is 9.97 Å². The van der Waals surface area contributed by atoms with Crippen molar-refractivity contribution in [2.45, 2.75) is 6.92 Å². The van der Waals surface area contributed by atoms with Gasteiger partial charge in [-0.1, -0.05) is 30.3 Å². The van der Waals surface area contributed by atoms with Gasteiger partial charge in [-0.25, -0.2) is 9.78 Å². The lowest BCUT2D eigenvalue weighted by Crippen LogP contribution is -2.20. The number of nitrogens with zero attached hydrogens (tertiary/aromatic N) is 1. The fourth-order valence-corrected chi connectivity index (χ4v) is 1.72. The Bertz CT molecular complexity index is 665. The predicted octanol–water partition coefficient (Wildman–Crippen LogP) is 1.62. The summed E-state index contributed by atoms with van der Waals surface area (Å²) in [5.74, 6) is -0.643. The zero-order valence-corrected chi connectivity index (χ0v) is 11.2. The summed E-state index contributed by atoms with van der Waals surface area (Å²) in [6, 6.07) is 8.92. The first-order valence-electron chi connectivity index (χ1n) is 6.08. The van der Waals surface area contributed by atoms with Gasteiger partial charge in [-0.2, -0.15) is 0 Å². The van der Waals surface area contributed by atoms with Crippen LogP contribution in [0.5, 0.6) is 5.88 Å². The van der Waals surface area contributed by atoms with Crippen molar-refractivity contribution in [3.8, 4) is 17.1 Å². The van der Waals surface area contributed by atoms with Gasteiger partial charge < -0.3 is 14.5 Å². The molecule has 1 aromatic carbocycles. The van der Waals surface area contributed by atoms with Gasteiger partial charge in [0.2, 0.25) is 5.88 Å². The van der Waals surface area contributed by atoms with Crippen molar-refractivity contribution >= 4 is 5.97 Å². The Morgan fingerprint density at radius 1 is 1.30 bits per heavy atom. The molecule has 2 aromatic rings. The summed E-state index contributed by atoms with van der Waals surface area (Å²) in [7, 11) is 1.37. The van der Waals surface area contributed by atoms with Crippen molar-refractivity contribution in [2.24, 2.45) is 0 Å². The average molecular weight is 274 g/mol. The second-order valence-corrected chi connectivity index (χ2v) is 3.89. The van der Waals surface area contributed by atoms with E-state index in [9.17, 15) is 9.59 Å². The number of aromatic amines is 1. The molecule has 0 aliphatic heterocycles. The summed E-state index contributed by atoms with van der Waals surface area (Å²) in [6.07, 6.45) is 0. The summed E-state index contributed by atoms with van der Waals surface area (Å²) in [5, 5.41) is 0. The third kappa shape index (κ3) is 2.69. The highest BCUT2D eigenvalue weighted by Gasteiger charge is 2.19. The third-order valence-corrected chi connectivity index (χ3v) is 2.60. The number of benzene rings is 1. The molecule has 0 saturated heterocycles. The summed E-state index contributed by atoms with van der Waals surface area (Å²) in [6.45, 7) is 1.87. The molecule has 0 atom stereocenters. The van der Waals surface area contributed by atoms with Crippen LogP contribution >= 0.6 is 0 Å². The maximum atomic E-state index is 12.0. The van der Waals surface area contributed by atoms with E-state index in [1.165, 1.54) is 7.11 Å². The molecule has 0 unspecified atom stereocenters. The van der Waals surface area contributed by atoms with Crippen LogP contribution in [0, 0.1) is 0 Å². The number of hydrogen-bond acceptors (Lipinski definition) is 5. The Kier molecular flexibility index (Phi) is 4.14. The van der Waals surface area contributed by atoms with Crippen LogP contribution in [-0.4, -0.2) is 29.7 Å². The number of methoxy groups -OCH3 is 1. The van der Waals surface area contributed by atoms with Gasteiger partial charge in [0.15, 0.2) is 5.69 Å². The molecule has 6 heteroatoms. The highest BCUT2D eigenvalue weighted by atomic mass is 16.5. The minimum atomic E-state index is -0.673. The van der Waals surface area contributed by atoms with Gasteiger partial charge in [0.25, 0.3) is 5.56 Å². The first-order valence-corrected chi connectivity index (χ1v) is 6.08. The van der Waals surface area contributed by atoms with E-state index in [1.807, 2.05) is 6.07 Å². The van der Waals surface area contributed by atoms with E-state index >= 15 is 0 Å². The number of carbonyl (C=O) groups excluding carboxylic acids is 1. The zero-order valence-electron chi connectivity index (χ0n) is 11.2. The molecule has 20 heavy (non-hydrogen) atoms. The zero-order chi connectivity index (χ0) is 14.5. The van der Waals surface area contributed by atoms with Gasteiger partial charge in [0.05, 0.1) is 13.7 Å². The minimum absolute atomic E-state index is 0.0295. The van der Waals surface area contributed by atoms with Crippen molar-refractivity contribution in [2.75, 3.05) is 13.7 Å². The van der Waals surface area contributed by atoms with Crippen LogP contribution in [0.4, 0.5) is 0 Å². The number of aromatic nitrogens is 2. The van der Waals surface area contributed by atoms with Crippen molar-refractivity contribution in [1.29, 1.82) is 0 Å². The number of ether oxygens (including phenoxy) is 2. The van der Waals surface area contributed by atoms with E-state index in [1.54, 1.807) is 31.2 Å². The number of esters is 1. The monoisotopic (exact) mass is 274 g/mol. The minimum Gasteiger partial charge on any atom is -0.479 e. The summed E-state index contributed by atoms with van der Waals surface area (Å²) >= 11 is 0.